The maximum atomic E-state index is 11.8. The molecule has 0 spiro atoms. The van der Waals surface area contributed by atoms with Crippen molar-refractivity contribution in [3.05, 3.63) is 0 Å². The molecule has 0 bridgehead atoms. The van der Waals surface area contributed by atoms with E-state index in [1.165, 1.54) is 0 Å². The summed E-state index contributed by atoms with van der Waals surface area (Å²) in [5, 5.41) is 3.33. The second kappa shape index (κ2) is 7.63. The summed E-state index contributed by atoms with van der Waals surface area (Å²) in [7, 11) is 5.89. The van der Waals surface area contributed by atoms with Crippen LogP contribution in [0.15, 0.2) is 0 Å². The Morgan fingerprint density at radius 2 is 1.82 bits per heavy atom. The van der Waals surface area contributed by atoms with E-state index in [0.717, 1.165) is 45.8 Å². The van der Waals surface area contributed by atoms with E-state index >= 15 is 0 Å². The molecular weight excluding hydrogens is 216 g/mol. The zero-order valence-electron chi connectivity index (χ0n) is 11.4. The zero-order valence-corrected chi connectivity index (χ0v) is 11.4. The number of likely N-dealkylation sites (N-methyl/N-ethyl adjacent to an activating group) is 1. The number of piperazine rings is 1. The SMILES string of the molecule is CN(C)CCC(=O)N(C)CCN1CCNCC1. The summed E-state index contributed by atoms with van der Waals surface area (Å²) in [5.41, 5.74) is 0. The molecule has 0 radical (unpaired) electrons. The molecule has 0 aromatic carbocycles. The molecule has 0 unspecified atom stereocenters. The van der Waals surface area contributed by atoms with Gasteiger partial charge < -0.3 is 15.1 Å². The number of nitrogens with one attached hydrogen (secondary N) is 1. The van der Waals surface area contributed by atoms with Crippen molar-refractivity contribution in [2.24, 2.45) is 0 Å². The van der Waals surface area contributed by atoms with Crippen LogP contribution < -0.4 is 5.32 Å². The van der Waals surface area contributed by atoms with Crippen molar-refractivity contribution >= 4 is 5.91 Å². The van der Waals surface area contributed by atoms with Crippen molar-refractivity contribution in [1.82, 2.24) is 20.0 Å². The Morgan fingerprint density at radius 3 is 2.41 bits per heavy atom. The summed E-state index contributed by atoms with van der Waals surface area (Å²) in [6, 6.07) is 0. The van der Waals surface area contributed by atoms with E-state index in [1.807, 2.05) is 30.9 Å². The van der Waals surface area contributed by atoms with Crippen LogP contribution in [0.3, 0.4) is 0 Å². The van der Waals surface area contributed by atoms with Crippen molar-refractivity contribution in [3.8, 4) is 0 Å². The largest absolute Gasteiger partial charge is 0.344 e. The van der Waals surface area contributed by atoms with Gasteiger partial charge in [0, 0.05) is 59.3 Å². The first kappa shape index (κ1) is 14.4. The second-order valence-corrected chi connectivity index (χ2v) is 4.96. The summed E-state index contributed by atoms with van der Waals surface area (Å²) in [6.07, 6.45) is 0.616. The first-order chi connectivity index (χ1) is 8.09. The van der Waals surface area contributed by atoms with E-state index in [9.17, 15) is 4.79 Å². The third-order valence-electron chi connectivity index (χ3n) is 3.16. The summed E-state index contributed by atoms with van der Waals surface area (Å²) in [4.78, 5) is 18.1. The molecule has 1 heterocycles. The normalized spacial score (nSPS) is 17.4. The molecule has 1 N–H and O–H groups in total. The monoisotopic (exact) mass is 242 g/mol. The third kappa shape index (κ3) is 6.00. The smallest absolute Gasteiger partial charge is 0.223 e. The average molecular weight is 242 g/mol. The minimum atomic E-state index is 0.244. The summed E-state index contributed by atoms with van der Waals surface area (Å²) in [5.74, 6) is 0.244. The molecule has 1 amide bonds. The van der Waals surface area contributed by atoms with E-state index < -0.39 is 0 Å². The van der Waals surface area contributed by atoms with Gasteiger partial charge in [-0.1, -0.05) is 0 Å². The maximum absolute atomic E-state index is 11.8. The van der Waals surface area contributed by atoms with Gasteiger partial charge in [-0.05, 0) is 14.1 Å². The van der Waals surface area contributed by atoms with Gasteiger partial charge in [0.25, 0.3) is 0 Å². The quantitative estimate of drug-likeness (QED) is 0.669. The number of amides is 1. The zero-order chi connectivity index (χ0) is 12.7. The molecule has 1 aliphatic heterocycles. The van der Waals surface area contributed by atoms with E-state index in [0.29, 0.717) is 6.42 Å². The highest BCUT2D eigenvalue weighted by molar-refractivity contribution is 5.76. The molecule has 1 rings (SSSR count). The molecule has 5 nitrogen and oxygen atoms in total. The number of rotatable bonds is 6. The fraction of sp³-hybridized carbons (Fsp3) is 0.917. The van der Waals surface area contributed by atoms with Gasteiger partial charge in [0.2, 0.25) is 5.91 Å². The lowest BCUT2D eigenvalue weighted by Crippen LogP contribution is -2.46. The van der Waals surface area contributed by atoms with Crippen molar-refractivity contribution in [1.29, 1.82) is 0 Å². The molecule has 1 saturated heterocycles. The van der Waals surface area contributed by atoms with Crippen LogP contribution in [0.4, 0.5) is 0 Å². The Labute approximate surface area is 105 Å². The third-order valence-corrected chi connectivity index (χ3v) is 3.16. The molecule has 100 valence electrons. The van der Waals surface area contributed by atoms with Crippen LogP contribution in [0, 0.1) is 0 Å². The molecule has 0 atom stereocenters. The molecule has 0 aliphatic carbocycles. The number of hydrogen-bond donors (Lipinski definition) is 1. The van der Waals surface area contributed by atoms with Gasteiger partial charge in [-0.25, -0.2) is 0 Å². The topological polar surface area (TPSA) is 38.8 Å². The van der Waals surface area contributed by atoms with Crippen LogP contribution in [0.25, 0.3) is 0 Å². The first-order valence-electron chi connectivity index (χ1n) is 6.41. The minimum absolute atomic E-state index is 0.244. The Bertz CT molecular complexity index is 227. The highest BCUT2D eigenvalue weighted by Crippen LogP contribution is 1.96. The number of carbonyl (C=O) groups excluding carboxylic acids is 1. The van der Waals surface area contributed by atoms with Crippen molar-refractivity contribution in [2.75, 3.05) is 67.0 Å². The molecule has 0 aromatic rings. The van der Waals surface area contributed by atoms with Crippen LogP contribution in [0.2, 0.25) is 0 Å². The van der Waals surface area contributed by atoms with Gasteiger partial charge in [-0.2, -0.15) is 0 Å². The van der Waals surface area contributed by atoms with Crippen LogP contribution in [0.5, 0.6) is 0 Å². The molecular formula is C12H26N4O. The number of nitrogens with zero attached hydrogens (tertiary/aromatic N) is 3. The number of hydrogen-bond acceptors (Lipinski definition) is 4. The van der Waals surface area contributed by atoms with E-state index in [2.05, 4.69) is 10.2 Å². The Hall–Kier alpha value is -0.650. The summed E-state index contributed by atoms with van der Waals surface area (Å²) >= 11 is 0. The number of carbonyl (C=O) groups is 1. The molecule has 0 aromatic heterocycles. The standard InChI is InChI=1S/C12H26N4O/c1-14(2)7-4-12(17)15(3)10-11-16-8-5-13-6-9-16/h13H,4-11H2,1-3H3. The lowest BCUT2D eigenvalue weighted by molar-refractivity contribution is -0.130. The van der Waals surface area contributed by atoms with E-state index in [4.69, 9.17) is 0 Å². The fourth-order valence-electron chi connectivity index (χ4n) is 1.86. The van der Waals surface area contributed by atoms with Crippen LogP contribution in [0.1, 0.15) is 6.42 Å². The summed E-state index contributed by atoms with van der Waals surface area (Å²) in [6.45, 7) is 6.99. The fourth-order valence-corrected chi connectivity index (χ4v) is 1.86. The van der Waals surface area contributed by atoms with Crippen molar-refractivity contribution < 1.29 is 4.79 Å². The highest BCUT2D eigenvalue weighted by Gasteiger charge is 2.12. The molecule has 0 saturated carbocycles. The van der Waals surface area contributed by atoms with Gasteiger partial charge in [-0.3, -0.25) is 9.69 Å². The lowest BCUT2D eigenvalue weighted by Gasteiger charge is -2.29. The van der Waals surface area contributed by atoms with Gasteiger partial charge in [0.05, 0.1) is 0 Å². The highest BCUT2D eigenvalue weighted by atomic mass is 16.2. The van der Waals surface area contributed by atoms with Crippen LogP contribution in [-0.2, 0) is 4.79 Å². The molecule has 1 aliphatic rings. The molecule has 1 fully saturated rings. The van der Waals surface area contributed by atoms with E-state index in [-0.39, 0.29) is 5.91 Å². The molecule has 17 heavy (non-hydrogen) atoms. The molecule has 5 heteroatoms. The van der Waals surface area contributed by atoms with Crippen molar-refractivity contribution in [2.45, 2.75) is 6.42 Å². The summed E-state index contributed by atoms with van der Waals surface area (Å²) < 4.78 is 0. The lowest BCUT2D eigenvalue weighted by atomic mass is 10.3. The second-order valence-electron chi connectivity index (χ2n) is 4.96. The Morgan fingerprint density at radius 1 is 1.18 bits per heavy atom. The van der Waals surface area contributed by atoms with Crippen LogP contribution >= 0.6 is 0 Å². The predicted molar refractivity (Wildman–Crippen MR) is 70.1 cm³/mol. The van der Waals surface area contributed by atoms with Gasteiger partial charge >= 0.3 is 0 Å². The Balaban J connectivity index is 2.14. The first-order valence-corrected chi connectivity index (χ1v) is 6.41. The maximum Gasteiger partial charge on any atom is 0.223 e. The van der Waals surface area contributed by atoms with Gasteiger partial charge in [0.1, 0.15) is 0 Å². The Kier molecular flexibility index (Phi) is 6.47. The van der Waals surface area contributed by atoms with Gasteiger partial charge in [-0.15, -0.1) is 0 Å². The predicted octanol–water partition coefficient (Wildman–Crippen LogP) is -0.698. The van der Waals surface area contributed by atoms with Crippen LogP contribution in [-0.4, -0.2) is 87.6 Å². The van der Waals surface area contributed by atoms with Gasteiger partial charge in [0.15, 0.2) is 0 Å². The minimum Gasteiger partial charge on any atom is -0.344 e. The van der Waals surface area contributed by atoms with E-state index in [1.54, 1.807) is 0 Å². The van der Waals surface area contributed by atoms with Crippen molar-refractivity contribution in [3.63, 3.8) is 0 Å². The average Bonchev–Trinajstić information content (AvgIpc) is 2.34.